The quantitative estimate of drug-likeness (QED) is 0.417. The second-order valence-corrected chi connectivity index (χ2v) is 8.35. The monoisotopic (exact) mass is 493 g/mol. The van der Waals surface area contributed by atoms with Gasteiger partial charge in [-0.2, -0.15) is 0 Å². The molecule has 1 amide bonds. The van der Waals surface area contributed by atoms with E-state index >= 15 is 0 Å². The number of rotatable bonds is 9. The maximum atomic E-state index is 12.9. The van der Waals surface area contributed by atoms with Gasteiger partial charge in [-0.3, -0.25) is 4.79 Å². The van der Waals surface area contributed by atoms with Crippen LogP contribution in [0.1, 0.15) is 22.8 Å². The molecular formula is C26H23NO7S. The average Bonchev–Trinajstić information content (AvgIpc) is 2.86. The molecule has 35 heavy (non-hydrogen) atoms. The lowest BCUT2D eigenvalue weighted by Gasteiger charge is -2.14. The molecule has 1 atom stereocenters. The van der Waals surface area contributed by atoms with Crippen molar-refractivity contribution < 1.29 is 33.8 Å². The number of amides is 1. The van der Waals surface area contributed by atoms with Gasteiger partial charge in [-0.05, 0) is 40.6 Å². The third-order valence-corrected chi connectivity index (χ3v) is 5.58. The van der Waals surface area contributed by atoms with Crippen LogP contribution >= 0.6 is 11.8 Å². The van der Waals surface area contributed by atoms with Crippen LogP contribution in [0, 0.1) is 0 Å². The molecule has 0 aromatic heterocycles. The summed E-state index contributed by atoms with van der Waals surface area (Å²) in [6, 6.07) is 22.0. The number of thioether (sulfide) groups is 1. The van der Waals surface area contributed by atoms with E-state index in [1.54, 1.807) is 12.1 Å². The molecule has 9 heteroatoms. The first-order valence-electron chi connectivity index (χ1n) is 10.6. The van der Waals surface area contributed by atoms with Crippen molar-refractivity contribution in [1.29, 1.82) is 0 Å². The van der Waals surface area contributed by atoms with Gasteiger partial charge in [0.1, 0.15) is 24.0 Å². The number of benzene rings is 3. The highest BCUT2D eigenvalue weighted by atomic mass is 32.2. The Bertz CT molecular complexity index is 1200. The number of aliphatic carboxylic acids is 1. The fourth-order valence-electron chi connectivity index (χ4n) is 3.08. The molecule has 180 valence electrons. The Morgan fingerprint density at radius 1 is 0.914 bits per heavy atom. The Balaban J connectivity index is 1.78. The number of hydrogen-bond acceptors (Lipinski definition) is 7. The summed E-state index contributed by atoms with van der Waals surface area (Å²) >= 11 is 0.572. The van der Waals surface area contributed by atoms with Crippen molar-refractivity contribution in [2.24, 2.45) is 0 Å². The molecule has 0 aliphatic heterocycles. The maximum Gasteiger partial charge on any atom is 0.372 e. The number of carboxylic acid groups (broad SMARTS) is 1. The number of carboxylic acids is 1. The molecule has 0 aliphatic carbocycles. The normalized spacial score (nSPS) is 11.2. The van der Waals surface area contributed by atoms with Gasteiger partial charge in [0.2, 0.25) is 5.91 Å². The van der Waals surface area contributed by atoms with Crippen LogP contribution in [0.3, 0.4) is 0 Å². The van der Waals surface area contributed by atoms with Crippen LogP contribution in [0.4, 0.5) is 4.79 Å². The number of carbonyl (C=O) groups is 4. The van der Waals surface area contributed by atoms with Crippen molar-refractivity contribution in [1.82, 2.24) is 5.32 Å². The van der Waals surface area contributed by atoms with Gasteiger partial charge in [-0.15, -0.1) is 0 Å². The summed E-state index contributed by atoms with van der Waals surface area (Å²) in [5.41, 5.74) is 2.43. The minimum atomic E-state index is -1.28. The highest BCUT2D eigenvalue weighted by Crippen LogP contribution is 2.29. The molecule has 0 radical (unpaired) electrons. The van der Waals surface area contributed by atoms with E-state index in [0.29, 0.717) is 11.8 Å². The number of ether oxygens (including phenoxy) is 2. The lowest BCUT2D eigenvalue weighted by atomic mass is 10.0. The topological polar surface area (TPSA) is 119 Å². The summed E-state index contributed by atoms with van der Waals surface area (Å²) in [4.78, 5) is 47.8. The molecular weight excluding hydrogens is 470 g/mol. The predicted molar refractivity (Wildman–Crippen MR) is 131 cm³/mol. The Morgan fingerprint density at radius 2 is 1.57 bits per heavy atom. The summed E-state index contributed by atoms with van der Waals surface area (Å²) in [7, 11) is 0. The zero-order chi connectivity index (χ0) is 25.2. The van der Waals surface area contributed by atoms with Crippen molar-refractivity contribution >= 4 is 34.9 Å². The molecule has 3 aromatic rings. The molecule has 0 heterocycles. The highest BCUT2D eigenvalue weighted by molar-refractivity contribution is 8.13. The minimum Gasteiger partial charge on any atom is -0.480 e. The van der Waals surface area contributed by atoms with E-state index in [4.69, 9.17) is 9.47 Å². The molecule has 0 fully saturated rings. The van der Waals surface area contributed by atoms with Crippen LogP contribution in [0.2, 0.25) is 0 Å². The SMILES string of the molecule is CC(=O)N[C@@H](CSC(=O)Oc1ccc(-c2ccccc2)cc1C(=O)OCc1ccccc1)C(=O)O. The van der Waals surface area contributed by atoms with Crippen LogP contribution in [0.25, 0.3) is 11.1 Å². The fraction of sp³-hybridized carbons (Fsp3) is 0.154. The molecule has 3 rings (SSSR count). The maximum absolute atomic E-state index is 12.9. The third kappa shape index (κ3) is 7.72. The van der Waals surface area contributed by atoms with E-state index in [1.165, 1.54) is 13.0 Å². The first kappa shape index (κ1) is 25.5. The molecule has 8 nitrogen and oxygen atoms in total. The molecule has 0 bridgehead atoms. The second-order valence-electron chi connectivity index (χ2n) is 7.39. The Hall–Kier alpha value is -4.11. The van der Waals surface area contributed by atoms with Gasteiger partial charge >= 0.3 is 17.2 Å². The van der Waals surface area contributed by atoms with Gasteiger partial charge in [0.25, 0.3) is 0 Å². The summed E-state index contributed by atoms with van der Waals surface area (Å²) in [6.45, 7) is 1.22. The molecule has 0 aliphatic rings. The van der Waals surface area contributed by atoms with E-state index in [-0.39, 0.29) is 23.7 Å². The fourth-order valence-corrected chi connectivity index (χ4v) is 3.76. The van der Waals surface area contributed by atoms with E-state index < -0.39 is 29.2 Å². The van der Waals surface area contributed by atoms with Crippen molar-refractivity contribution in [3.63, 3.8) is 0 Å². The van der Waals surface area contributed by atoms with E-state index in [2.05, 4.69) is 5.32 Å². The summed E-state index contributed by atoms with van der Waals surface area (Å²) in [5.74, 6) is -2.76. The minimum absolute atomic E-state index is 0.0216. The van der Waals surface area contributed by atoms with Crippen LogP contribution in [-0.4, -0.2) is 40.0 Å². The van der Waals surface area contributed by atoms with Crippen molar-refractivity contribution in [2.45, 2.75) is 19.6 Å². The van der Waals surface area contributed by atoms with Crippen molar-refractivity contribution in [3.8, 4) is 16.9 Å². The predicted octanol–water partition coefficient (Wildman–Crippen LogP) is 4.53. The van der Waals surface area contributed by atoms with Gasteiger partial charge < -0.3 is 19.9 Å². The van der Waals surface area contributed by atoms with E-state index in [0.717, 1.165) is 16.7 Å². The molecule has 0 spiro atoms. The lowest BCUT2D eigenvalue weighted by Crippen LogP contribution is -2.41. The summed E-state index contributed by atoms with van der Waals surface area (Å²) < 4.78 is 10.8. The van der Waals surface area contributed by atoms with Gasteiger partial charge in [0.05, 0.1) is 0 Å². The Kier molecular flexibility index (Phi) is 9.02. The number of hydrogen-bond donors (Lipinski definition) is 2. The van der Waals surface area contributed by atoms with Crippen LogP contribution < -0.4 is 10.1 Å². The molecule has 0 saturated carbocycles. The van der Waals surface area contributed by atoms with E-state index in [1.807, 2.05) is 60.7 Å². The number of carbonyl (C=O) groups excluding carboxylic acids is 3. The van der Waals surface area contributed by atoms with Crippen LogP contribution in [0.15, 0.2) is 78.9 Å². The molecule has 3 aromatic carbocycles. The second kappa shape index (κ2) is 12.4. The summed E-state index contributed by atoms with van der Waals surface area (Å²) in [6.07, 6.45) is 0. The van der Waals surface area contributed by atoms with Crippen molar-refractivity contribution in [3.05, 3.63) is 90.0 Å². The average molecular weight is 494 g/mol. The van der Waals surface area contributed by atoms with Gasteiger partial charge in [-0.1, -0.05) is 66.7 Å². The molecule has 0 unspecified atom stereocenters. The van der Waals surface area contributed by atoms with Gasteiger partial charge in [-0.25, -0.2) is 14.4 Å². The van der Waals surface area contributed by atoms with Gasteiger partial charge in [0, 0.05) is 12.7 Å². The van der Waals surface area contributed by atoms with Crippen LogP contribution in [0.5, 0.6) is 5.75 Å². The molecule has 0 saturated heterocycles. The lowest BCUT2D eigenvalue weighted by molar-refractivity contribution is -0.140. The Labute approximate surface area is 206 Å². The smallest absolute Gasteiger partial charge is 0.372 e. The Morgan fingerprint density at radius 3 is 2.20 bits per heavy atom. The van der Waals surface area contributed by atoms with Gasteiger partial charge in [0.15, 0.2) is 0 Å². The van der Waals surface area contributed by atoms with Crippen LogP contribution in [-0.2, 0) is 20.9 Å². The number of nitrogens with one attached hydrogen (secondary N) is 1. The van der Waals surface area contributed by atoms with Crippen molar-refractivity contribution in [2.75, 3.05) is 5.75 Å². The highest BCUT2D eigenvalue weighted by Gasteiger charge is 2.23. The molecule has 2 N–H and O–H groups in total. The third-order valence-electron chi connectivity index (χ3n) is 4.76. The first-order valence-corrected chi connectivity index (χ1v) is 11.6. The largest absolute Gasteiger partial charge is 0.480 e. The van der Waals surface area contributed by atoms with E-state index in [9.17, 15) is 24.3 Å². The number of esters is 1. The zero-order valence-corrected chi connectivity index (χ0v) is 19.6. The first-order chi connectivity index (χ1) is 16.8. The summed E-state index contributed by atoms with van der Waals surface area (Å²) in [5, 5.41) is 10.6. The standard InChI is InChI=1S/C26H23NO7S/c1-17(28)27-22(24(29)30)16-35-26(32)34-23-13-12-20(19-10-6-3-7-11-19)14-21(23)25(31)33-15-18-8-4-2-5-9-18/h2-14,22H,15-16H2,1H3,(H,27,28)(H,29,30)/t22-/m0/s1. The zero-order valence-electron chi connectivity index (χ0n) is 18.8.